The van der Waals surface area contributed by atoms with Gasteiger partial charge in [0.05, 0.1) is 24.3 Å². The number of hydrogen-bond donors (Lipinski definition) is 0. The number of amides is 1. The number of nitrogens with zero attached hydrogens (tertiary/aromatic N) is 2. The van der Waals surface area contributed by atoms with Gasteiger partial charge in [-0.15, -0.1) is 0 Å². The van der Waals surface area contributed by atoms with Gasteiger partial charge in [-0.1, -0.05) is 6.07 Å². The zero-order valence-electron chi connectivity index (χ0n) is 17.0. The van der Waals surface area contributed by atoms with Gasteiger partial charge in [0.2, 0.25) is 0 Å². The van der Waals surface area contributed by atoms with E-state index in [2.05, 4.69) is 4.90 Å². The van der Waals surface area contributed by atoms with E-state index in [9.17, 15) is 9.59 Å². The van der Waals surface area contributed by atoms with Gasteiger partial charge in [0.1, 0.15) is 12.2 Å². The lowest BCUT2D eigenvalue weighted by Gasteiger charge is -2.46. The molecule has 1 aromatic carbocycles. The molecule has 3 aliphatic rings. The molecule has 2 unspecified atom stereocenters. The number of carbonyl (C=O) groups is 2. The topological polar surface area (TPSA) is 68.3 Å². The zero-order valence-corrected chi connectivity index (χ0v) is 17.0. The quantitative estimate of drug-likeness (QED) is 0.689. The third-order valence-electron chi connectivity index (χ3n) is 5.70. The maximum atomic E-state index is 12.4. The summed E-state index contributed by atoms with van der Waals surface area (Å²) >= 11 is 0. The van der Waals surface area contributed by atoms with Crippen LogP contribution >= 0.6 is 0 Å². The molecule has 0 aliphatic carbocycles. The van der Waals surface area contributed by atoms with E-state index >= 15 is 0 Å². The number of rotatable bonds is 1. The van der Waals surface area contributed by atoms with Crippen LogP contribution in [0.1, 0.15) is 53.9 Å². The molecule has 28 heavy (non-hydrogen) atoms. The van der Waals surface area contributed by atoms with Crippen LogP contribution in [0, 0.1) is 6.92 Å². The Morgan fingerprint density at radius 3 is 2.75 bits per heavy atom. The molecule has 1 aromatic rings. The van der Waals surface area contributed by atoms with Crippen molar-refractivity contribution in [2.45, 2.75) is 52.0 Å². The van der Waals surface area contributed by atoms with E-state index in [-0.39, 0.29) is 24.2 Å². The lowest BCUT2D eigenvalue weighted by atomic mass is 9.94. The normalized spacial score (nSPS) is 25.1. The van der Waals surface area contributed by atoms with Gasteiger partial charge < -0.3 is 19.1 Å². The molecule has 152 valence electrons. The Morgan fingerprint density at radius 1 is 1.21 bits per heavy atom. The first-order chi connectivity index (χ1) is 13.2. The fourth-order valence-electron chi connectivity index (χ4n) is 4.18. The number of morpholine rings is 1. The van der Waals surface area contributed by atoms with Crippen molar-refractivity contribution >= 4 is 12.1 Å². The van der Waals surface area contributed by atoms with E-state index in [0.717, 1.165) is 29.8 Å². The number of benzene rings is 1. The standard InChI is InChI=1S/C21H28N2O5/c1-13-15(5-6-16-17(13)12-27-19(16)24)18-10-22-7-8-23(9-14(22)11-26-18)20(25)28-21(2,3)4/h5-6,14,18H,7-12H2,1-4H3. The molecular formula is C21H28N2O5. The Morgan fingerprint density at radius 2 is 2.00 bits per heavy atom. The molecule has 0 saturated carbocycles. The number of fused-ring (bicyclic) bond motifs is 2. The fraction of sp³-hybridized carbons (Fsp3) is 0.619. The lowest BCUT2D eigenvalue weighted by molar-refractivity contribution is -0.0908. The number of hydrogen-bond acceptors (Lipinski definition) is 6. The van der Waals surface area contributed by atoms with Crippen molar-refractivity contribution in [3.8, 4) is 0 Å². The summed E-state index contributed by atoms with van der Waals surface area (Å²) in [6, 6.07) is 4.02. The fourth-order valence-corrected chi connectivity index (χ4v) is 4.18. The summed E-state index contributed by atoms with van der Waals surface area (Å²) < 4.78 is 16.8. The average Bonchev–Trinajstić information content (AvgIpc) is 3.02. The van der Waals surface area contributed by atoms with E-state index in [1.165, 1.54) is 0 Å². The Balaban J connectivity index is 1.42. The van der Waals surface area contributed by atoms with Crippen molar-refractivity contribution in [3.05, 3.63) is 34.4 Å². The minimum Gasteiger partial charge on any atom is -0.457 e. The van der Waals surface area contributed by atoms with Crippen molar-refractivity contribution in [1.82, 2.24) is 9.80 Å². The first kappa shape index (κ1) is 19.2. The minimum absolute atomic E-state index is 0.0367. The van der Waals surface area contributed by atoms with Crippen molar-refractivity contribution in [1.29, 1.82) is 0 Å². The van der Waals surface area contributed by atoms with Crippen LogP contribution in [-0.4, -0.2) is 66.3 Å². The molecule has 0 aromatic heterocycles. The van der Waals surface area contributed by atoms with Gasteiger partial charge in [0, 0.05) is 31.7 Å². The van der Waals surface area contributed by atoms with Gasteiger partial charge in [-0.3, -0.25) is 4.90 Å². The van der Waals surface area contributed by atoms with Crippen molar-refractivity contribution < 1.29 is 23.8 Å². The second-order valence-electron chi connectivity index (χ2n) is 8.78. The molecule has 7 nitrogen and oxygen atoms in total. The molecular weight excluding hydrogens is 360 g/mol. The predicted molar refractivity (Wildman–Crippen MR) is 102 cm³/mol. The second-order valence-corrected chi connectivity index (χ2v) is 8.78. The maximum absolute atomic E-state index is 12.4. The first-order valence-electron chi connectivity index (χ1n) is 9.86. The Kier molecular flexibility index (Phi) is 4.83. The molecule has 0 N–H and O–H groups in total. The summed E-state index contributed by atoms with van der Waals surface area (Å²) in [5.74, 6) is -0.243. The van der Waals surface area contributed by atoms with Crippen LogP contribution < -0.4 is 0 Å². The van der Waals surface area contributed by atoms with Crippen molar-refractivity contribution in [2.75, 3.05) is 32.8 Å². The highest BCUT2D eigenvalue weighted by Crippen LogP contribution is 2.33. The van der Waals surface area contributed by atoms with Crippen LogP contribution in [-0.2, 0) is 20.8 Å². The molecule has 2 atom stereocenters. The highest BCUT2D eigenvalue weighted by Gasteiger charge is 2.37. The van der Waals surface area contributed by atoms with E-state index < -0.39 is 5.60 Å². The molecule has 2 fully saturated rings. The number of piperazine rings is 1. The summed E-state index contributed by atoms with van der Waals surface area (Å²) in [5.41, 5.74) is 3.35. The van der Waals surface area contributed by atoms with Gasteiger partial charge in [0.25, 0.3) is 0 Å². The molecule has 7 heteroatoms. The maximum Gasteiger partial charge on any atom is 0.410 e. The number of cyclic esters (lactones) is 1. The molecule has 0 radical (unpaired) electrons. The zero-order chi connectivity index (χ0) is 20.1. The van der Waals surface area contributed by atoms with Crippen LogP contribution in [0.3, 0.4) is 0 Å². The van der Waals surface area contributed by atoms with Crippen LogP contribution in [0.4, 0.5) is 4.79 Å². The number of carbonyl (C=O) groups excluding carboxylic acids is 2. The van der Waals surface area contributed by atoms with Crippen LogP contribution in [0.5, 0.6) is 0 Å². The highest BCUT2D eigenvalue weighted by atomic mass is 16.6. The molecule has 3 aliphatic heterocycles. The molecule has 0 bridgehead atoms. The Hall–Kier alpha value is -2.12. The summed E-state index contributed by atoms with van der Waals surface area (Å²) in [5, 5.41) is 0. The molecule has 4 rings (SSSR count). The summed E-state index contributed by atoms with van der Waals surface area (Å²) in [4.78, 5) is 28.3. The van der Waals surface area contributed by atoms with E-state index in [0.29, 0.717) is 31.9 Å². The number of esters is 1. The second kappa shape index (κ2) is 7.04. The Labute approximate surface area is 165 Å². The molecule has 3 heterocycles. The smallest absolute Gasteiger partial charge is 0.410 e. The summed E-state index contributed by atoms with van der Waals surface area (Å²) in [7, 11) is 0. The summed E-state index contributed by atoms with van der Waals surface area (Å²) in [6.45, 7) is 11.4. The molecule has 0 spiro atoms. The predicted octanol–water partition coefficient (Wildman–Crippen LogP) is 2.66. The minimum atomic E-state index is -0.488. The highest BCUT2D eigenvalue weighted by molar-refractivity contribution is 5.93. The average molecular weight is 388 g/mol. The van der Waals surface area contributed by atoms with Gasteiger partial charge in [0.15, 0.2) is 0 Å². The van der Waals surface area contributed by atoms with E-state index in [1.54, 1.807) is 4.90 Å². The van der Waals surface area contributed by atoms with Crippen LogP contribution in [0.25, 0.3) is 0 Å². The number of ether oxygens (including phenoxy) is 3. The van der Waals surface area contributed by atoms with Gasteiger partial charge in [-0.05, 0) is 44.9 Å². The lowest BCUT2D eigenvalue weighted by Crippen LogP contribution is -2.60. The monoisotopic (exact) mass is 388 g/mol. The van der Waals surface area contributed by atoms with E-state index in [1.807, 2.05) is 39.8 Å². The van der Waals surface area contributed by atoms with E-state index in [4.69, 9.17) is 14.2 Å². The van der Waals surface area contributed by atoms with Crippen LogP contribution in [0.15, 0.2) is 12.1 Å². The van der Waals surface area contributed by atoms with Crippen LogP contribution in [0.2, 0.25) is 0 Å². The largest absolute Gasteiger partial charge is 0.457 e. The van der Waals surface area contributed by atoms with Gasteiger partial charge in [-0.25, -0.2) is 9.59 Å². The molecule has 1 amide bonds. The summed E-state index contributed by atoms with van der Waals surface area (Å²) in [6.07, 6.45) is -0.293. The first-order valence-corrected chi connectivity index (χ1v) is 9.86. The van der Waals surface area contributed by atoms with Gasteiger partial charge in [-0.2, -0.15) is 0 Å². The van der Waals surface area contributed by atoms with Crippen molar-refractivity contribution in [3.63, 3.8) is 0 Å². The van der Waals surface area contributed by atoms with Crippen molar-refractivity contribution in [2.24, 2.45) is 0 Å². The van der Waals surface area contributed by atoms with Gasteiger partial charge >= 0.3 is 12.1 Å². The Bertz CT molecular complexity index is 801. The third kappa shape index (κ3) is 3.61. The third-order valence-corrected chi connectivity index (χ3v) is 5.70. The molecule has 2 saturated heterocycles. The SMILES string of the molecule is Cc1c(C2CN3CCN(C(=O)OC(C)(C)C)CC3CO2)ccc2c1COC2=O.